The Hall–Kier alpha value is -3.28. The maximum Gasteiger partial charge on any atom is 0.295 e. The van der Waals surface area contributed by atoms with Gasteiger partial charge in [0, 0.05) is 31.4 Å². The number of likely N-dealkylation sites (tertiary alicyclic amines) is 1. The van der Waals surface area contributed by atoms with Crippen molar-refractivity contribution in [3.63, 3.8) is 0 Å². The maximum absolute atomic E-state index is 13.4. The molecule has 1 unspecified atom stereocenters. The highest BCUT2D eigenvalue weighted by atomic mass is 16.5. The number of hydrogen-bond acceptors (Lipinski definition) is 5. The number of carbonyl (C=O) groups is 2. The predicted molar refractivity (Wildman–Crippen MR) is 132 cm³/mol. The minimum atomic E-state index is -0.598. The molecule has 2 heterocycles. The molecule has 1 amide bonds. The van der Waals surface area contributed by atoms with Crippen molar-refractivity contribution in [3.8, 4) is 5.75 Å². The van der Waals surface area contributed by atoms with E-state index in [2.05, 4.69) is 0 Å². The van der Waals surface area contributed by atoms with Crippen molar-refractivity contribution in [2.45, 2.75) is 57.0 Å². The molecule has 0 spiro atoms. The van der Waals surface area contributed by atoms with Crippen LogP contribution in [-0.4, -0.2) is 48.4 Å². The molecule has 3 aliphatic rings. The molecule has 1 saturated heterocycles. The molecule has 0 aromatic heterocycles. The Morgan fingerprint density at radius 2 is 1.74 bits per heavy atom. The number of aliphatic hydroxyl groups excluding tert-OH is 1. The zero-order chi connectivity index (χ0) is 23.8. The van der Waals surface area contributed by atoms with Crippen molar-refractivity contribution < 1.29 is 19.4 Å². The van der Waals surface area contributed by atoms with Gasteiger partial charge in [0.25, 0.3) is 11.7 Å². The number of anilines is 1. The molecule has 1 saturated carbocycles. The molecule has 5 rings (SSSR count). The molecule has 178 valence electrons. The highest BCUT2D eigenvalue weighted by Crippen LogP contribution is 2.43. The Bertz CT molecular complexity index is 1130. The lowest BCUT2D eigenvalue weighted by Gasteiger charge is -2.35. The number of nitrogens with zero attached hydrogens (tertiary/aromatic N) is 2. The van der Waals surface area contributed by atoms with Crippen LogP contribution in [0.5, 0.6) is 5.75 Å². The van der Waals surface area contributed by atoms with Crippen molar-refractivity contribution in [2.75, 3.05) is 25.6 Å². The second kappa shape index (κ2) is 9.16. The van der Waals surface area contributed by atoms with Gasteiger partial charge in [0.1, 0.15) is 11.5 Å². The van der Waals surface area contributed by atoms with Gasteiger partial charge in [0.15, 0.2) is 0 Å². The van der Waals surface area contributed by atoms with E-state index in [9.17, 15) is 14.7 Å². The van der Waals surface area contributed by atoms with Crippen LogP contribution in [0.4, 0.5) is 5.69 Å². The van der Waals surface area contributed by atoms with Crippen LogP contribution in [0.1, 0.15) is 61.3 Å². The van der Waals surface area contributed by atoms with Gasteiger partial charge in [-0.2, -0.15) is 0 Å². The van der Waals surface area contributed by atoms with Crippen LogP contribution in [0, 0.1) is 0 Å². The van der Waals surface area contributed by atoms with Crippen molar-refractivity contribution in [1.82, 2.24) is 4.90 Å². The first kappa shape index (κ1) is 22.5. The molecular formula is C28H32N2O4. The molecule has 34 heavy (non-hydrogen) atoms. The van der Waals surface area contributed by atoms with E-state index in [1.54, 1.807) is 11.0 Å². The molecule has 2 fully saturated rings. The summed E-state index contributed by atoms with van der Waals surface area (Å²) in [5, 5.41) is 11.4. The largest absolute Gasteiger partial charge is 0.507 e. The highest BCUT2D eigenvalue weighted by molar-refractivity contribution is 6.46. The van der Waals surface area contributed by atoms with Crippen LogP contribution in [0.25, 0.3) is 5.76 Å². The zero-order valence-corrected chi connectivity index (χ0v) is 19.9. The fraction of sp³-hybridized carbons (Fsp3) is 0.429. The van der Waals surface area contributed by atoms with Crippen LogP contribution in [-0.2, 0) is 16.0 Å². The van der Waals surface area contributed by atoms with Crippen molar-refractivity contribution in [1.29, 1.82) is 0 Å². The highest BCUT2D eigenvalue weighted by Gasteiger charge is 2.48. The third kappa shape index (κ3) is 3.95. The number of hydrogen-bond donors (Lipinski definition) is 1. The van der Waals surface area contributed by atoms with Crippen LogP contribution in [0.3, 0.4) is 0 Å². The number of ketones is 1. The van der Waals surface area contributed by atoms with E-state index in [0.29, 0.717) is 12.2 Å². The fourth-order valence-electron chi connectivity index (χ4n) is 5.53. The number of aryl methyl sites for hydroxylation is 1. The Balaban J connectivity index is 1.62. The lowest BCUT2D eigenvalue weighted by Crippen LogP contribution is -2.40. The molecule has 0 bridgehead atoms. The van der Waals surface area contributed by atoms with E-state index >= 15 is 0 Å². The Morgan fingerprint density at radius 3 is 2.44 bits per heavy atom. The average Bonchev–Trinajstić information content (AvgIpc) is 3.14. The molecule has 2 aromatic rings. The normalized spacial score (nSPS) is 22.4. The molecule has 1 aliphatic carbocycles. The van der Waals surface area contributed by atoms with Crippen LogP contribution < -0.4 is 9.64 Å². The number of fused-ring (bicyclic) bond motifs is 1. The Labute approximate surface area is 200 Å². The summed E-state index contributed by atoms with van der Waals surface area (Å²) in [7, 11) is 3.95. The molecule has 2 aliphatic heterocycles. The first-order valence-electron chi connectivity index (χ1n) is 12.3. The van der Waals surface area contributed by atoms with E-state index in [1.807, 2.05) is 55.4 Å². The first-order chi connectivity index (χ1) is 16.5. The minimum absolute atomic E-state index is 0.00552. The summed E-state index contributed by atoms with van der Waals surface area (Å²) in [6, 6.07) is 12.9. The fourth-order valence-corrected chi connectivity index (χ4v) is 5.53. The third-order valence-electron chi connectivity index (χ3n) is 7.36. The molecule has 1 N–H and O–H groups in total. The molecule has 6 nitrogen and oxygen atoms in total. The molecule has 2 aromatic carbocycles. The number of rotatable bonds is 4. The number of aliphatic hydroxyl groups is 1. The summed E-state index contributed by atoms with van der Waals surface area (Å²) in [6.45, 7) is 0.688. The zero-order valence-electron chi connectivity index (χ0n) is 19.9. The summed E-state index contributed by atoms with van der Waals surface area (Å²) in [5.41, 5.74) is 3.64. The van der Waals surface area contributed by atoms with Crippen LogP contribution in [0.2, 0.25) is 0 Å². The SMILES string of the molecule is CN(C)c1ccc(C2/C(=C(/O)c3ccc4c(c3)CCCO4)C(=O)C(=O)N2C2CCCCC2)cc1. The van der Waals surface area contributed by atoms with E-state index in [0.717, 1.165) is 67.5 Å². The van der Waals surface area contributed by atoms with Gasteiger partial charge < -0.3 is 19.6 Å². The third-order valence-corrected chi connectivity index (χ3v) is 7.36. The van der Waals surface area contributed by atoms with Crippen molar-refractivity contribution in [2.24, 2.45) is 0 Å². The van der Waals surface area contributed by atoms with Gasteiger partial charge in [-0.05, 0) is 67.1 Å². The van der Waals surface area contributed by atoms with Gasteiger partial charge in [-0.3, -0.25) is 9.59 Å². The number of amides is 1. The number of benzene rings is 2. The van der Waals surface area contributed by atoms with Crippen molar-refractivity contribution >= 4 is 23.1 Å². The lowest BCUT2D eigenvalue weighted by molar-refractivity contribution is -0.141. The predicted octanol–water partition coefficient (Wildman–Crippen LogP) is 4.83. The average molecular weight is 461 g/mol. The van der Waals surface area contributed by atoms with E-state index in [4.69, 9.17) is 4.74 Å². The monoisotopic (exact) mass is 460 g/mol. The minimum Gasteiger partial charge on any atom is -0.507 e. The van der Waals surface area contributed by atoms with Gasteiger partial charge in [-0.15, -0.1) is 0 Å². The molecule has 1 atom stereocenters. The van der Waals surface area contributed by atoms with Gasteiger partial charge in [0.2, 0.25) is 0 Å². The van der Waals surface area contributed by atoms with Crippen LogP contribution >= 0.6 is 0 Å². The van der Waals surface area contributed by atoms with Gasteiger partial charge in [-0.1, -0.05) is 31.4 Å². The van der Waals surface area contributed by atoms with Gasteiger partial charge >= 0.3 is 0 Å². The molecule has 0 radical (unpaired) electrons. The van der Waals surface area contributed by atoms with E-state index in [1.165, 1.54) is 0 Å². The molecular weight excluding hydrogens is 428 g/mol. The van der Waals surface area contributed by atoms with E-state index < -0.39 is 17.7 Å². The van der Waals surface area contributed by atoms with Crippen molar-refractivity contribution in [3.05, 3.63) is 64.7 Å². The summed E-state index contributed by atoms with van der Waals surface area (Å²) in [6.07, 6.45) is 6.80. The first-order valence-corrected chi connectivity index (χ1v) is 12.3. The number of carbonyl (C=O) groups excluding carboxylic acids is 2. The van der Waals surface area contributed by atoms with E-state index in [-0.39, 0.29) is 17.4 Å². The number of Topliss-reactive ketones (excluding diaryl/α,β-unsaturated/α-hetero) is 1. The number of ether oxygens (including phenoxy) is 1. The smallest absolute Gasteiger partial charge is 0.295 e. The Morgan fingerprint density at radius 1 is 1.00 bits per heavy atom. The lowest BCUT2D eigenvalue weighted by atomic mass is 9.90. The Kier molecular flexibility index (Phi) is 6.07. The topological polar surface area (TPSA) is 70.1 Å². The quantitative estimate of drug-likeness (QED) is 0.402. The summed E-state index contributed by atoms with van der Waals surface area (Å²) >= 11 is 0. The van der Waals surface area contributed by atoms with Crippen LogP contribution in [0.15, 0.2) is 48.0 Å². The second-order valence-corrected chi connectivity index (χ2v) is 9.76. The maximum atomic E-state index is 13.4. The second-order valence-electron chi connectivity index (χ2n) is 9.76. The summed E-state index contributed by atoms with van der Waals surface area (Å²) < 4.78 is 5.71. The summed E-state index contributed by atoms with van der Waals surface area (Å²) in [5.74, 6) is -0.386. The standard InChI is InChI=1S/C28H32N2O4/c1-29(2)21-13-10-18(11-14-21)25-24(27(32)28(33)30(25)22-8-4-3-5-9-22)26(31)20-12-15-23-19(17-20)7-6-16-34-23/h10-15,17,22,25,31H,3-9,16H2,1-2H3/b26-24-. The van der Waals surface area contributed by atoms with Gasteiger partial charge in [-0.25, -0.2) is 0 Å². The summed E-state index contributed by atoms with van der Waals surface area (Å²) in [4.78, 5) is 30.5. The molecule has 6 heteroatoms. The van der Waals surface area contributed by atoms with Gasteiger partial charge in [0.05, 0.1) is 18.2 Å².